The third-order valence-electron chi connectivity index (χ3n) is 5.10. The van der Waals surface area contributed by atoms with E-state index in [9.17, 15) is 9.18 Å². The molecule has 2 heterocycles. The smallest absolute Gasteiger partial charge is 0.243 e. The standard InChI is InChI=1S/C21H23FN4OS/c1-28-14-20-24-17-7-2-3-8-18(17)26(20)13-21(27)25-10-9-23-12-19(25)15-5-4-6-16(22)11-15/h2-8,11,19,23H,9-10,12-14H2,1H3. The monoisotopic (exact) mass is 398 g/mol. The van der Waals surface area contributed by atoms with E-state index in [4.69, 9.17) is 4.98 Å². The number of carbonyl (C=O) groups is 1. The second kappa shape index (κ2) is 8.32. The van der Waals surface area contributed by atoms with Crippen molar-refractivity contribution in [1.29, 1.82) is 0 Å². The predicted molar refractivity (Wildman–Crippen MR) is 111 cm³/mol. The molecule has 1 aromatic heterocycles. The van der Waals surface area contributed by atoms with E-state index >= 15 is 0 Å². The molecule has 28 heavy (non-hydrogen) atoms. The fourth-order valence-electron chi connectivity index (χ4n) is 3.78. The molecule has 1 aliphatic heterocycles. The zero-order valence-electron chi connectivity index (χ0n) is 15.8. The zero-order valence-corrected chi connectivity index (χ0v) is 16.6. The van der Waals surface area contributed by atoms with Crippen molar-refractivity contribution >= 4 is 28.7 Å². The van der Waals surface area contributed by atoms with Gasteiger partial charge in [-0.3, -0.25) is 4.79 Å². The summed E-state index contributed by atoms with van der Waals surface area (Å²) in [5, 5.41) is 3.32. The van der Waals surface area contributed by atoms with Crippen LogP contribution >= 0.6 is 11.8 Å². The number of halogens is 1. The number of para-hydroxylation sites is 2. The fourth-order valence-corrected chi connectivity index (χ4v) is 4.26. The van der Waals surface area contributed by atoms with Crippen molar-refractivity contribution in [3.8, 4) is 0 Å². The van der Waals surface area contributed by atoms with Crippen molar-refractivity contribution in [2.24, 2.45) is 0 Å². The van der Waals surface area contributed by atoms with Crippen LogP contribution in [0.4, 0.5) is 4.39 Å². The fraction of sp³-hybridized carbons (Fsp3) is 0.333. The molecule has 4 rings (SSSR count). The van der Waals surface area contributed by atoms with Crippen LogP contribution in [0.15, 0.2) is 48.5 Å². The maximum absolute atomic E-state index is 13.7. The van der Waals surface area contributed by atoms with Crippen LogP contribution in [0.25, 0.3) is 11.0 Å². The van der Waals surface area contributed by atoms with Crippen LogP contribution < -0.4 is 5.32 Å². The number of nitrogens with one attached hydrogen (secondary N) is 1. The average Bonchev–Trinajstić information content (AvgIpc) is 3.05. The highest BCUT2D eigenvalue weighted by Crippen LogP contribution is 2.25. The third kappa shape index (κ3) is 3.77. The van der Waals surface area contributed by atoms with Crippen LogP contribution in [-0.4, -0.2) is 46.2 Å². The molecule has 1 fully saturated rings. The number of hydrogen-bond acceptors (Lipinski definition) is 4. The Morgan fingerprint density at radius 3 is 2.96 bits per heavy atom. The minimum atomic E-state index is -0.279. The molecule has 7 heteroatoms. The van der Waals surface area contributed by atoms with Gasteiger partial charge in [0.25, 0.3) is 0 Å². The molecule has 3 aromatic rings. The van der Waals surface area contributed by atoms with E-state index in [1.807, 2.05) is 46.1 Å². The van der Waals surface area contributed by atoms with E-state index in [-0.39, 0.29) is 24.3 Å². The van der Waals surface area contributed by atoms with Crippen molar-refractivity contribution in [1.82, 2.24) is 19.8 Å². The van der Waals surface area contributed by atoms with Gasteiger partial charge in [-0.1, -0.05) is 24.3 Å². The van der Waals surface area contributed by atoms with Crippen LogP contribution in [0.3, 0.4) is 0 Å². The lowest BCUT2D eigenvalue weighted by Crippen LogP contribution is -2.49. The highest BCUT2D eigenvalue weighted by atomic mass is 32.2. The minimum absolute atomic E-state index is 0.0290. The Bertz CT molecular complexity index is 989. The number of carbonyl (C=O) groups excluding carboxylic acids is 1. The summed E-state index contributed by atoms with van der Waals surface area (Å²) >= 11 is 1.69. The van der Waals surface area contributed by atoms with E-state index in [0.717, 1.165) is 34.7 Å². The van der Waals surface area contributed by atoms with Gasteiger partial charge in [-0.05, 0) is 36.1 Å². The molecule has 0 aliphatic carbocycles. The first kappa shape index (κ1) is 19.0. The van der Waals surface area contributed by atoms with Gasteiger partial charge < -0.3 is 14.8 Å². The molecular weight excluding hydrogens is 375 g/mol. The van der Waals surface area contributed by atoms with E-state index < -0.39 is 0 Å². The van der Waals surface area contributed by atoms with Gasteiger partial charge in [0.05, 0.1) is 22.8 Å². The lowest BCUT2D eigenvalue weighted by Gasteiger charge is -2.37. The Balaban J connectivity index is 1.63. The largest absolute Gasteiger partial charge is 0.332 e. The lowest BCUT2D eigenvalue weighted by atomic mass is 10.0. The van der Waals surface area contributed by atoms with Crippen molar-refractivity contribution in [2.45, 2.75) is 18.3 Å². The minimum Gasteiger partial charge on any atom is -0.332 e. The van der Waals surface area contributed by atoms with Crippen LogP contribution in [-0.2, 0) is 17.1 Å². The van der Waals surface area contributed by atoms with Crippen LogP contribution in [0.5, 0.6) is 0 Å². The predicted octanol–water partition coefficient (Wildman–Crippen LogP) is 3.21. The van der Waals surface area contributed by atoms with Crippen LogP contribution in [0.2, 0.25) is 0 Å². The molecule has 146 valence electrons. The number of rotatable bonds is 5. The molecule has 1 N–H and O–H groups in total. The van der Waals surface area contributed by atoms with E-state index in [1.54, 1.807) is 17.8 Å². The zero-order chi connectivity index (χ0) is 19.5. The summed E-state index contributed by atoms with van der Waals surface area (Å²) in [6.07, 6.45) is 2.03. The molecule has 1 amide bonds. The number of hydrogen-bond donors (Lipinski definition) is 1. The van der Waals surface area contributed by atoms with Crippen molar-refractivity contribution in [2.75, 3.05) is 25.9 Å². The van der Waals surface area contributed by atoms with Crippen molar-refractivity contribution in [3.05, 3.63) is 65.7 Å². The molecule has 2 aromatic carbocycles. The molecule has 0 radical (unpaired) electrons. The van der Waals surface area contributed by atoms with Crippen molar-refractivity contribution < 1.29 is 9.18 Å². The van der Waals surface area contributed by atoms with Gasteiger partial charge in [0.2, 0.25) is 5.91 Å². The normalized spacial score (nSPS) is 17.2. The summed E-state index contributed by atoms with van der Waals surface area (Å²) in [4.78, 5) is 19.8. The number of imidazole rings is 1. The lowest BCUT2D eigenvalue weighted by molar-refractivity contribution is -0.135. The summed E-state index contributed by atoms with van der Waals surface area (Å²) < 4.78 is 15.7. The van der Waals surface area contributed by atoms with Gasteiger partial charge in [-0.2, -0.15) is 11.8 Å². The first-order valence-electron chi connectivity index (χ1n) is 9.36. The van der Waals surface area contributed by atoms with E-state index in [0.29, 0.717) is 13.1 Å². The molecule has 5 nitrogen and oxygen atoms in total. The Morgan fingerprint density at radius 2 is 2.14 bits per heavy atom. The summed E-state index contributed by atoms with van der Waals surface area (Å²) in [5.41, 5.74) is 2.69. The maximum Gasteiger partial charge on any atom is 0.243 e. The molecule has 0 bridgehead atoms. The summed E-state index contributed by atoms with van der Waals surface area (Å²) in [7, 11) is 0. The first-order valence-corrected chi connectivity index (χ1v) is 10.8. The second-order valence-electron chi connectivity index (χ2n) is 6.90. The van der Waals surface area contributed by atoms with Gasteiger partial charge >= 0.3 is 0 Å². The van der Waals surface area contributed by atoms with Crippen LogP contribution in [0, 0.1) is 5.82 Å². The van der Waals surface area contributed by atoms with E-state index in [1.165, 1.54) is 12.1 Å². The maximum atomic E-state index is 13.7. The second-order valence-corrected chi connectivity index (χ2v) is 7.76. The van der Waals surface area contributed by atoms with E-state index in [2.05, 4.69) is 5.32 Å². The molecule has 1 atom stereocenters. The molecule has 0 spiro atoms. The number of nitrogens with zero attached hydrogens (tertiary/aromatic N) is 3. The Morgan fingerprint density at radius 1 is 1.29 bits per heavy atom. The highest BCUT2D eigenvalue weighted by molar-refractivity contribution is 7.97. The Labute approximate surface area is 167 Å². The van der Waals surface area contributed by atoms with Gasteiger partial charge in [-0.25, -0.2) is 9.37 Å². The summed E-state index contributed by atoms with van der Waals surface area (Å²) in [6, 6.07) is 14.3. The number of aromatic nitrogens is 2. The quantitative estimate of drug-likeness (QED) is 0.717. The summed E-state index contributed by atoms with van der Waals surface area (Å²) in [5.74, 6) is 1.40. The van der Waals surface area contributed by atoms with Gasteiger partial charge in [0, 0.05) is 19.6 Å². The SMILES string of the molecule is CSCc1nc2ccccc2n1CC(=O)N1CCNCC1c1cccc(F)c1. The number of piperazine rings is 1. The molecular formula is C21H23FN4OS. The van der Waals surface area contributed by atoms with Gasteiger partial charge in [0.1, 0.15) is 18.2 Å². The molecule has 1 unspecified atom stereocenters. The molecule has 1 aliphatic rings. The Kier molecular flexibility index (Phi) is 5.64. The molecule has 1 saturated heterocycles. The summed E-state index contributed by atoms with van der Waals surface area (Å²) in [6.45, 7) is 2.20. The third-order valence-corrected chi connectivity index (χ3v) is 5.64. The number of benzene rings is 2. The number of thioether (sulfide) groups is 1. The Hall–Kier alpha value is -2.38. The average molecular weight is 399 g/mol. The van der Waals surface area contributed by atoms with Crippen molar-refractivity contribution in [3.63, 3.8) is 0 Å². The van der Waals surface area contributed by atoms with Gasteiger partial charge in [-0.15, -0.1) is 0 Å². The number of amides is 1. The molecule has 0 saturated carbocycles. The van der Waals surface area contributed by atoms with Gasteiger partial charge in [0.15, 0.2) is 0 Å². The number of fused-ring (bicyclic) bond motifs is 1. The topological polar surface area (TPSA) is 50.2 Å². The highest BCUT2D eigenvalue weighted by Gasteiger charge is 2.29. The first-order chi connectivity index (χ1) is 13.7. The van der Waals surface area contributed by atoms with Crippen LogP contribution in [0.1, 0.15) is 17.4 Å².